The van der Waals surface area contributed by atoms with E-state index in [1.54, 1.807) is 66.7 Å². The fourth-order valence-electron chi connectivity index (χ4n) is 12.4. The first-order chi connectivity index (χ1) is 60.9. The van der Waals surface area contributed by atoms with Gasteiger partial charge in [-0.05, 0) is 223 Å². The number of nitrogen functional groups attached to an aromatic ring is 1. The second-order valence-electron chi connectivity index (χ2n) is 29.1. The summed E-state index contributed by atoms with van der Waals surface area (Å²) in [6, 6.07) is 44.9. The highest BCUT2D eigenvalue weighted by molar-refractivity contribution is 8.24. The van der Waals surface area contributed by atoms with Gasteiger partial charge in [-0.3, -0.25) is 49.3 Å². The quantitative estimate of drug-likeness (QED) is 0.00571. The number of nitro groups is 3. The van der Waals surface area contributed by atoms with E-state index < -0.39 is 42.6 Å². The number of H-pyrrole nitrogens is 2. The lowest BCUT2D eigenvalue weighted by atomic mass is 10.0. The fraction of sp³-hybridized carbons (Fsp3) is 0.345. The number of anilines is 1. The minimum atomic E-state index is -3.22. The van der Waals surface area contributed by atoms with Crippen molar-refractivity contribution in [2.75, 3.05) is 38.5 Å². The molecule has 15 N–H and O–H groups in total. The van der Waals surface area contributed by atoms with E-state index in [9.17, 15) is 64.3 Å². The molecule has 31 nitrogen and oxygen atoms in total. The summed E-state index contributed by atoms with van der Waals surface area (Å²) in [4.78, 5) is 100. The number of unbranched alkanes of at least 4 members (excludes halogenated alkanes) is 8. The van der Waals surface area contributed by atoms with E-state index in [4.69, 9.17) is 108 Å². The topological polar surface area (TPSA) is 508 Å². The number of alkyl carbamates (subject to hydrolysis) is 1. The van der Waals surface area contributed by atoms with E-state index in [2.05, 4.69) is 86.5 Å². The third kappa shape index (κ3) is 35.5. The van der Waals surface area contributed by atoms with Crippen LogP contribution in [0.2, 0.25) is 25.6 Å². The van der Waals surface area contributed by atoms with E-state index in [0.29, 0.717) is 86.9 Å². The molecule has 7 aromatic heterocycles. The molecule has 0 spiro atoms. The van der Waals surface area contributed by atoms with Crippen LogP contribution in [0.15, 0.2) is 161 Å². The number of aromatic nitrogens is 8. The van der Waals surface area contributed by atoms with Crippen LogP contribution in [0.4, 0.5) is 27.5 Å². The molecule has 13 rings (SSSR count). The molecule has 0 aliphatic heterocycles. The molecule has 0 atom stereocenters. The van der Waals surface area contributed by atoms with Gasteiger partial charge < -0.3 is 63.5 Å². The molecule has 128 heavy (non-hydrogen) atoms. The molecule has 1 amide bonds. The van der Waals surface area contributed by atoms with Crippen LogP contribution in [0, 0.1) is 30.3 Å². The standard InChI is InChI=1S/C18H23ClN4.C14H16ClN3O2.C14H18ClN3.C9H4Cl2N2O2.C9H6N2O4.C9H20N2O2.C9H7NO2.C5H9ClO.Cl3OP/c1-2-3-10-15-22-16-17(23(15)12-7-6-11-20)13-8-4-5-9-14(13)21-18(16)19;15-14-13(18(19)20)11(7-2-1-5-9-16)10-6-3-4-8-12(10)17-14;15-14-13(17)11(7-2-1-5-9-16)10-6-3-4-8-12(10)18-14;10-7-5-3-1-2-4-6(5)12-9(11)8(7)13(14)15;12-8-5-3-1-2-4-6(5)10-9(13)7(8)11(14)15;1-9(2,3)13-8(12)11-7-5-4-6-10;11-8-5-9(12)10-7-4-2-1-3-6(7)8;1-2-3-4-5(6)7;1-5(2,3)4/h4-5,8-9H,2-3,6-7,10-12,20H2,1H3;3-4,6,8H,1-2,5,7,9,16H2;3-4,6,8H,1-2,5,7,9,16-17H2;1-4H;1-4H,(H2,10,12,13);4-7,10H2,1-3H3,(H,11,12);1-5H,(H2,10,11,12);2-4H2,1H3;. The maximum absolute atomic E-state index is 11.2. The van der Waals surface area contributed by atoms with Crippen molar-refractivity contribution in [3.8, 4) is 11.5 Å². The number of amides is 1. The smallest absolute Gasteiger partial charge is 0.407 e. The lowest BCUT2D eigenvalue weighted by Gasteiger charge is -2.19. The van der Waals surface area contributed by atoms with Crippen molar-refractivity contribution in [1.29, 1.82) is 0 Å². The average Bonchev–Trinajstić information content (AvgIpc) is 1.61. The molecule has 0 fully saturated rings. The second kappa shape index (κ2) is 55.8. The monoisotopic (exact) mass is 1960 g/mol. The maximum Gasteiger partial charge on any atom is 0.407 e. The molecule has 0 saturated carbocycles. The molecular weight excluding hydrogens is 1860 g/mol. The van der Waals surface area contributed by atoms with Gasteiger partial charge in [-0.1, -0.05) is 195 Å². The number of nitrogens with two attached hydrogens (primary N) is 5. The van der Waals surface area contributed by atoms with Crippen molar-refractivity contribution in [3.05, 3.63) is 245 Å². The number of aromatic amines is 2. The van der Waals surface area contributed by atoms with Crippen LogP contribution in [0.5, 0.6) is 11.5 Å². The number of halogens is 9. The zero-order valence-electron chi connectivity index (χ0n) is 71.0. The number of nitrogens with one attached hydrogen (secondary N) is 3. The molecule has 0 bridgehead atoms. The molecule has 41 heteroatoms. The lowest BCUT2D eigenvalue weighted by Crippen LogP contribution is -2.33. The van der Waals surface area contributed by atoms with Crippen molar-refractivity contribution >= 4 is 219 Å². The number of carbonyl (C=O) groups is 2. The third-order valence-corrected chi connectivity index (χ3v) is 20.0. The largest absolute Gasteiger partial charge is 0.507 e. The highest BCUT2D eigenvalue weighted by atomic mass is 36.0. The van der Waals surface area contributed by atoms with Gasteiger partial charge in [0.15, 0.2) is 10.3 Å². The summed E-state index contributed by atoms with van der Waals surface area (Å²) in [5.41, 5.74) is 33.5. The molecule has 13 aromatic rings. The lowest BCUT2D eigenvalue weighted by molar-refractivity contribution is -0.387. The van der Waals surface area contributed by atoms with Crippen LogP contribution < -0.4 is 45.1 Å². The Morgan fingerprint density at radius 3 is 1.44 bits per heavy atom. The molecule has 0 saturated heterocycles. The zero-order valence-corrected chi connectivity index (χ0v) is 78.7. The van der Waals surface area contributed by atoms with Crippen LogP contribution in [-0.2, 0) is 39.9 Å². The summed E-state index contributed by atoms with van der Waals surface area (Å²) in [5.74, 6) is 0.535. The number of aromatic hydroxyl groups is 2. The summed E-state index contributed by atoms with van der Waals surface area (Å²) in [5, 5.41) is 55.7. The van der Waals surface area contributed by atoms with Crippen molar-refractivity contribution in [2.45, 2.75) is 162 Å². The maximum atomic E-state index is 11.2. The van der Waals surface area contributed by atoms with E-state index in [1.165, 1.54) is 12.1 Å². The first-order valence-electron chi connectivity index (χ1n) is 40.7. The summed E-state index contributed by atoms with van der Waals surface area (Å²) in [6.45, 7) is 14.1. The average molecular weight is 1960 g/mol. The van der Waals surface area contributed by atoms with Gasteiger partial charge in [-0.2, -0.15) is 0 Å². The number of aryl methyl sites for hydroxylation is 4. The summed E-state index contributed by atoms with van der Waals surface area (Å²) in [7, 11) is 0. The predicted octanol–water partition coefficient (Wildman–Crippen LogP) is 22.8. The minimum absolute atomic E-state index is 0.0225. The second-order valence-corrected chi connectivity index (χ2v) is 37.9. The molecular formula is C87H103Cl9N17O14P. The number of hydrogen-bond donors (Lipinski definition) is 10. The predicted molar refractivity (Wildman–Crippen MR) is 520 cm³/mol. The van der Waals surface area contributed by atoms with Gasteiger partial charge in [0.1, 0.15) is 27.7 Å². The van der Waals surface area contributed by atoms with Crippen molar-refractivity contribution in [1.82, 2.24) is 44.8 Å². The number of fused-ring (bicyclic) bond motifs is 8. The Hall–Kier alpha value is -9.93. The molecule has 688 valence electrons. The number of pyridine rings is 6. The normalized spacial score (nSPS) is 10.8. The van der Waals surface area contributed by atoms with Crippen LogP contribution >= 0.6 is 109 Å². The van der Waals surface area contributed by atoms with Crippen LogP contribution in [-0.4, -0.2) is 114 Å². The van der Waals surface area contributed by atoms with E-state index in [1.807, 2.05) is 94.4 Å². The van der Waals surface area contributed by atoms with Crippen molar-refractivity contribution in [2.24, 2.45) is 22.9 Å². The van der Waals surface area contributed by atoms with Gasteiger partial charge in [0.2, 0.25) is 21.3 Å². The molecule has 6 aromatic carbocycles. The molecule has 0 aliphatic rings. The van der Waals surface area contributed by atoms with E-state index in [-0.39, 0.29) is 54.7 Å². The molecule has 7 heterocycles. The number of imidazole rings is 1. The Balaban J connectivity index is 0.000000261. The van der Waals surface area contributed by atoms with Crippen LogP contribution in [0.1, 0.15) is 148 Å². The Bertz CT molecular complexity index is 6040. The van der Waals surface area contributed by atoms with Crippen molar-refractivity contribution < 1.29 is 43.9 Å². The van der Waals surface area contributed by atoms with Gasteiger partial charge in [0.05, 0.1) is 59.1 Å². The van der Waals surface area contributed by atoms with Crippen LogP contribution in [0.3, 0.4) is 0 Å². The first kappa shape index (κ1) is 109. The van der Waals surface area contributed by atoms with Gasteiger partial charge in [-0.25, -0.2) is 29.7 Å². The Morgan fingerprint density at radius 1 is 0.516 bits per heavy atom. The minimum Gasteiger partial charge on any atom is -0.507 e. The van der Waals surface area contributed by atoms with Gasteiger partial charge in [0, 0.05) is 69.9 Å². The highest BCUT2D eigenvalue weighted by Gasteiger charge is 2.26. The van der Waals surface area contributed by atoms with E-state index >= 15 is 0 Å². The molecule has 0 unspecified atom stereocenters. The molecule has 0 radical (unpaired) electrons. The number of carbonyl (C=O) groups excluding carboxylic acids is 2. The van der Waals surface area contributed by atoms with E-state index in [0.717, 1.165) is 172 Å². The summed E-state index contributed by atoms with van der Waals surface area (Å²) in [6.07, 6.45) is 16.8. The highest BCUT2D eigenvalue weighted by Crippen LogP contribution is 2.61. The van der Waals surface area contributed by atoms with Crippen molar-refractivity contribution in [3.63, 3.8) is 0 Å². The third-order valence-electron chi connectivity index (χ3n) is 18.3. The summed E-state index contributed by atoms with van der Waals surface area (Å²) < 4.78 is 16.9. The number of hydrogen-bond acceptors (Lipinski definition) is 24. The number of benzene rings is 6. The Labute approximate surface area is 782 Å². The first-order valence-corrected chi connectivity index (χ1v) is 47.3. The number of para-hydroxylation sites is 6. The SMILES string of the molecule is CC(C)(C)OC(=O)NCCCCN.CCCCC(=O)Cl.CCCCc1nc2c(Cl)nc3ccccc3c2n1CCCCN.NCCCCCc1c(N)c(Cl)nc2ccccc12.NCCCCCc1c([N+](=O)[O-])c(Cl)nc2ccccc12.O=P(Cl)(Cl)Cl.O=[N+]([O-])c1c(Cl)nc2ccccc2c1Cl.O=c1[nH]c2ccccc2c(O)c1[N+](=O)[O-].O=c1cc(O)c2ccccc2[nH]1. The summed E-state index contributed by atoms with van der Waals surface area (Å²) >= 11 is 48.9. The molecule has 0 aliphatic carbocycles. The number of nitrogens with zero attached hydrogens (tertiary/aromatic N) is 9. The Kier molecular flexibility index (Phi) is 47.4. The van der Waals surface area contributed by atoms with Gasteiger partial charge in [0.25, 0.3) is 5.56 Å². The van der Waals surface area contributed by atoms with Gasteiger partial charge >= 0.3 is 33.9 Å². The Morgan fingerprint density at radius 2 is 0.938 bits per heavy atom. The zero-order chi connectivity index (χ0) is 94.8. The van der Waals surface area contributed by atoms with Crippen LogP contribution in [0.25, 0.3) is 76.5 Å². The van der Waals surface area contributed by atoms with Gasteiger partial charge in [-0.15, -0.1) is 0 Å². The number of rotatable bonds is 27. The number of ether oxygens (including phenoxy) is 1. The fourth-order valence-corrected chi connectivity index (χ4v) is 13.9.